The summed E-state index contributed by atoms with van der Waals surface area (Å²) in [4.78, 5) is 17.5. The number of nitrogens with one attached hydrogen (secondary N) is 1. The van der Waals surface area contributed by atoms with Crippen LogP contribution in [-0.2, 0) is 25.3 Å². The van der Waals surface area contributed by atoms with E-state index in [1.54, 1.807) is 49.5 Å². The van der Waals surface area contributed by atoms with E-state index in [-0.39, 0.29) is 4.90 Å². The molecule has 0 fully saturated rings. The van der Waals surface area contributed by atoms with Crippen molar-refractivity contribution in [3.05, 3.63) is 71.9 Å². The number of sulfonamides is 1. The van der Waals surface area contributed by atoms with Crippen LogP contribution in [0.4, 0.5) is 0 Å². The van der Waals surface area contributed by atoms with Crippen molar-refractivity contribution in [3.8, 4) is 0 Å². The third kappa shape index (κ3) is 2.98. The molecule has 2 atom stereocenters. The molecule has 26 heavy (non-hydrogen) atoms. The monoisotopic (exact) mass is 374 g/mol. The van der Waals surface area contributed by atoms with Crippen molar-refractivity contribution in [2.75, 3.05) is 0 Å². The van der Waals surface area contributed by atoms with Gasteiger partial charge in [-0.2, -0.15) is 0 Å². The maximum Gasteiger partial charge on any atom is 0.309 e. The van der Waals surface area contributed by atoms with Crippen LogP contribution in [0.2, 0.25) is 0 Å². The molecule has 0 saturated heterocycles. The van der Waals surface area contributed by atoms with Crippen LogP contribution in [0.3, 0.4) is 0 Å². The lowest BCUT2D eigenvalue weighted by molar-refractivity contribution is -0.154. The maximum atomic E-state index is 11.8. The van der Waals surface area contributed by atoms with Crippen LogP contribution < -0.4 is 10.6 Å². The van der Waals surface area contributed by atoms with Gasteiger partial charge in [-0.3, -0.25) is 15.1 Å². The first-order chi connectivity index (χ1) is 12.3. The largest absolute Gasteiger partial charge is 0.481 e. The molecule has 7 nitrogen and oxygen atoms in total. The summed E-state index contributed by atoms with van der Waals surface area (Å²) in [6.07, 6.45) is 1.58. The number of primary sulfonamides is 1. The third-order valence-electron chi connectivity index (χ3n) is 4.50. The van der Waals surface area contributed by atoms with E-state index in [0.29, 0.717) is 16.7 Å². The summed E-state index contributed by atoms with van der Waals surface area (Å²) in [5, 5.41) is 14.8. The lowest BCUT2D eigenvalue weighted by Gasteiger charge is -2.34. The molecule has 2 aromatic rings. The summed E-state index contributed by atoms with van der Waals surface area (Å²) < 4.78 is 22.9. The Morgan fingerprint density at radius 2 is 1.77 bits per heavy atom. The van der Waals surface area contributed by atoms with Gasteiger partial charge in [0.05, 0.1) is 10.8 Å². The van der Waals surface area contributed by atoms with Crippen LogP contribution >= 0.6 is 0 Å². The van der Waals surface area contributed by atoms with Crippen LogP contribution in [0.1, 0.15) is 18.1 Å². The normalized spacial score (nSPS) is 20.9. The molecule has 0 spiro atoms. The summed E-state index contributed by atoms with van der Waals surface area (Å²) in [5.41, 5.74) is 3.28. The molecular weight excluding hydrogens is 356 g/mol. The summed E-state index contributed by atoms with van der Waals surface area (Å²) in [6, 6.07) is 14.9. The number of carboxylic acids is 1. The van der Waals surface area contributed by atoms with E-state index in [1.165, 1.54) is 12.1 Å². The highest BCUT2D eigenvalue weighted by molar-refractivity contribution is 7.89. The van der Waals surface area contributed by atoms with Crippen molar-refractivity contribution in [3.63, 3.8) is 0 Å². The highest BCUT2D eigenvalue weighted by atomic mass is 32.2. The van der Waals surface area contributed by atoms with Gasteiger partial charge < -0.3 is 5.11 Å². The quantitative estimate of drug-likeness (QED) is 0.735. The summed E-state index contributed by atoms with van der Waals surface area (Å²) >= 11 is 0. The molecule has 136 valence electrons. The highest BCUT2D eigenvalue weighted by Gasteiger charge is 2.50. The van der Waals surface area contributed by atoms with Crippen molar-refractivity contribution in [1.82, 2.24) is 5.48 Å². The molecule has 0 amide bonds. The number of nitrogens with two attached hydrogens (primary N) is 1. The van der Waals surface area contributed by atoms with Crippen molar-refractivity contribution in [2.24, 2.45) is 11.1 Å². The SMILES string of the molecule is CC(C(=O)O)C1(c2ccccc2)ONC=C1c1ccc(S(N)(=O)=O)cc1. The number of hydroxylamine groups is 1. The molecule has 2 unspecified atom stereocenters. The van der Waals surface area contributed by atoms with Gasteiger partial charge in [0.25, 0.3) is 0 Å². The first kappa shape index (κ1) is 18.1. The molecule has 2 aromatic carbocycles. The van der Waals surface area contributed by atoms with Gasteiger partial charge in [-0.05, 0) is 30.2 Å². The molecule has 1 aliphatic rings. The Hall–Kier alpha value is -2.68. The molecule has 3 rings (SSSR count). The summed E-state index contributed by atoms with van der Waals surface area (Å²) in [7, 11) is -3.81. The number of carbonyl (C=O) groups is 1. The summed E-state index contributed by atoms with van der Waals surface area (Å²) in [6.45, 7) is 1.56. The van der Waals surface area contributed by atoms with Gasteiger partial charge in [-0.15, -0.1) is 0 Å². The molecule has 0 bridgehead atoms. The van der Waals surface area contributed by atoms with Gasteiger partial charge in [0.15, 0.2) is 5.60 Å². The third-order valence-corrected chi connectivity index (χ3v) is 5.43. The van der Waals surface area contributed by atoms with Crippen molar-refractivity contribution in [1.29, 1.82) is 0 Å². The van der Waals surface area contributed by atoms with E-state index >= 15 is 0 Å². The Labute approximate surface area is 151 Å². The van der Waals surface area contributed by atoms with E-state index in [0.717, 1.165) is 0 Å². The first-order valence-corrected chi connectivity index (χ1v) is 9.37. The molecule has 1 heterocycles. The smallest absolute Gasteiger partial charge is 0.309 e. The Balaban J connectivity index is 2.14. The number of aliphatic carboxylic acids is 1. The highest BCUT2D eigenvalue weighted by Crippen LogP contribution is 2.47. The second-order valence-corrected chi connectivity index (χ2v) is 7.57. The zero-order chi connectivity index (χ0) is 18.9. The Kier molecular flexibility index (Phi) is 4.57. The first-order valence-electron chi connectivity index (χ1n) is 7.82. The maximum absolute atomic E-state index is 11.8. The molecule has 0 aromatic heterocycles. The van der Waals surface area contributed by atoms with Crippen LogP contribution in [-0.4, -0.2) is 19.5 Å². The molecule has 0 radical (unpaired) electrons. The van der Waals surface area contributed by atoms with Gasteiger partial charge >= 0.3 is 5.97 Å². The van der Waals surface area contributed by atoms with Gasteiger partial charge in [-0.1, -0.05) is 42.5 Å². The minimum absolute atomic E-state index is 0.0229. The standard InChI is InChI=1S/C18H18N2O5S/c1-12(17(21)22)18(14-5-3-2-4-6-14)16(11-20-25-18)13-7-9-15(10-8-13)26(19,23)24/h2-12,20H,1H3,(H,21,22)(H2,19,23,24). The average Bonchev–Trinajstić information content (AvgIpc) is 3.07. The zero-order valence-corrected chi connectivity index (χ0v) is 14.7. The lowest BCUT2D eigenvalue weighted by Crippen LogP contribution is -2.40. The fourth-order valence-corrected chi connectivity index (χ4v) is 3.63. The summed E-state index contributed by atoms with van der Waals surface area (Å²) in [5.74, 6) is -1.94. The van der Waals surface area contributed by atoms with Crippen LogP contribution in [0.5, 0.6) is 0 Å². The molecule has 4 N–H and O–H groups in total. The van der Waals surface area contributed by atoms with Crippen molar-refractivity contribution >= 4 is 21.6 Å². The van der Waals surface area contributed by atoms with E-state index in [1.807, 2.05) is 6.07 Å². The number of rotatable bonds is 5. The number of benzene rings is 2. The fourth-order valence-electron chi connectivity index (χ4n) is 3.11. The topological polar surface area (TPSA) is 119 Å². The van der Waals surface area contributed by atoms with E-state index in [2.05, 4.69) is 5.48 Å². The minimum Gasteiger partial charge on any atom is -0.481 e. The molecule has 8 heteroatoms. The molecular formula is C18H18N2O5S. The molecule has 0 saturated carbocycles. The second kappa shape index (κ2) is 6.56. The molecule has 0 aliphatic carbocycles. The number of hydrogen-bond donors (Lipinski definition) is 3. The Morgan fingerprint density at radius 3 is 2.31 bits per heavy atom. The lowest BCUT2D eigenvalue weighted by atomic mass is 9.75. The van der Waals surface area contributed by atoms with Gasteiger partial charge in [0, 0.05) is 11.8 Å². The van der Waals surface area contributed by atoms with E-state index in [9.17, 15) is 18.3 Å². The van der Waals surface area contributed by atoms with E-state index in [4.69, 9.17) is 9.98 Å². The number of hydrogen-bond acceptors (Lipinski definition) is 5. The fraction of sp³-hybridized carbons (Fsp3) is 0.167. The zero-order valence-electron chi connectivity index (χ0n) is 13.9. The van der Waals surface area contributed by atoms with Gasteiger partial charge in [0.1, 0.15) is 0 Å². The predicted octanol–water partition coefficient (Wildman–Crippen LogP) is 1.83. The van der Waals surface area contributed by atoms with Gasteiger partial charge in [-0.25, -0.2) is 13.6 Å². The Morgan fingerprint density at radius 1 is 1.15 bits per heavy atom. The van der Waals surface area contributed by atoms with Gasteiger partial charge in [0.2, 0.25) is 10.0 Å². The van der Waals surface area contributed by atoms with E-state index < -0.39 is 27.5 Å². The average molecular weight is 374 g/mol. The van der Waals surface area contributed by atoms with Crippen LogP contribution in [0.25, 0.3) is 5.57 Å². The van der Waals surface area contributed by atoms with Crippen LogP contribution in [0, 0.1) is 5.92 Å². The van der Waals surface area contributed by atoms with Crippen LogP contribution in [0.15, 0.2) is 65.7 Å². The molecule has 1 aliphatic heterocycles. The number of carboxylic acid groups (broad SMARTS) is 1. The Bertz CT molecular complexity index is 955. The predicted molar refractivity (Wildman–Crippen MR) is 94.9 cm³/mol. The second-order valence-electron chi connectivity index (χ2n) is 6.01. The van der Waals surface area contributed by atoms with Crippen molar-refractivity contribution < 1.29 is 23.2 Å². The minimum atomic E-state index is -3.81. The van der Waals surface area contributed by atoms with Crippen molar-refractivity contribution in [2.45, 2.75) is 17.4 Å².